The number of hydrogen-bond acceptors (Lipinski definition) is 7. The molecule has 0 saturated carbocycles. The standard InChI is InChI=1S/C24H25FN8/c1-15-27-14-28-33(15)21-10-9-17(11-20(21)25)29-24-30-22-18(16-7-5-4-6-8-16)12-32(3)13-19(22)23(26-2)31-24/h4-11,14,18H,12-13H2,1-3H3,(H2,26,29,30,31). The molecular weight excluding hydrogens is 419 g/mol. The first-order valence-corrected chi connectivity index (χ1v) is 10.8. The van der Waals surface area contributed by atoms with Crippen LogP contribution in [0.4, 0.5) is 21.8 Å². The lowest BCUT2D eigenvalue weighted by Crippen LogP contribution is -2.33. The second kappa shape index (κ2) is 8.59. The molecule has 2 N–H and O–H groups in total. The Kier molecular flexibility index (Phi) is 5.47. The predicted molar refractivity (Wildman–Crippen MR) is 126 cm³/mol. The monoisotopic (exact) mass is 444 g/mol. The fraction of sp³-hybridized carbons (Fsp3) is 0.250. The SMILES string of the molecule is CNc1nc(Nc2ccc(-n3ncnc3C)c(F)c2)nc2c1CN(C)CC2c1ccccc1. The average Bonchev–Trinajstić information content (AvgIpc) is 3.24. The van der Waals surface area contributed by atoms with Gasteiger partial charge in [0.05, 0.1) is 5.69 Å². The Morgan fingerprint density at radius 1 is 1.09 bits per heavy atom. The second-order valence-corrected chi connectivity index (χ2v) is 8.18. The van der Waals surface area contributed by atoms with Crippen molar-refractivity contribution in [2.24, 2.45) is 0 Å². The molecule has 2 aromatic carbocycles. The molecule has 1 unspecified atom stereocenters. The minimum absolute atomic E-state index is 0.116. The lowest BCUT2D eigenvalue weighted by atomic mass is 9.89. The van der Waals surface area contributed by atoms with Gasteiger partial charge in [-0.3, -0.25) is 0 Å². The summed E-state index contributed by atoms with van der Waals surface area (Å²) in [5.41, 5.74) is 4.16. The van der Waals surface area contributed by atoms with Crippen LogP contribution in [0, 0.1) is 12.7 Å². The predicted octanol–water partition coefficient (Wildman–Crippen LogP) is 3.87. The van der Waals surface area contributed by atoms with Gasteiger partial charge in [-0.2, -0.15) is 10.1 Å². The Morgan fingerprint density at radius 3 is 2.61 bits per heavy atom. The van der Waals surface area contributed by atoms with E-state index in [0.29, 0.717) is 23.1 Å². The Hall–Kier alpha value is -3.85. The van der Waals surface area contributed by atoms with Crippen molar-refractivity contribution >= 4 is 17.5 Å². The molecule has 4 aromatic rings. The van der Waals surface area contributed by atoms with E-state index in [1.807, 2.05) is 25.2 Å². The smallest absolute Gasteiger partial charge is 0.229 e. The first-order valence-electron chi connectivity index (χ1n) is 10.8. The average molecular weight is 445 g/mol. The third kappa shape index (κ3) is 4.03. The van der Waals surface area contributed by atoms with Crippen molar-refractivity contribution in [3.05, 3.63) is 83.3 Å². The van der Waals surface area contributed by atoms with Gasteiger partial charge >= 0.3 is 0 Å². The number of nitrogens with one attached hydrogen (secondary N) is 2. The number of anilines is 3. The summed E-state index contributed by atoms with van der Waals surface area (Å²) in [7, 11) is 3.96. The fourth-order valence-electron chi connectivity index (χ4n) is 4.31. The van der Waals surface area contributed by atoms with Crippen LogP contribution in [-0.4, -0.2) is 50.3 Å². The zero-order valence-electron chi connectivity index (χ0n) is 18.7. The van der Waals surface area contributed by atoms with Gasteiger partial charge in [0.25, 0.3) is 0 Å². The molecule has 33 heavy (non-hydrogen) atoms. The third-order valence-corrected chi connectivity index (χ3v) is 5.88. The normalized spacial score (nSPS) is 15.8. The summed E-state index contributed by atoms with van der Waals surface area (Å²) >= 11 is 0. The summed E-state index contributed by atoms with van der Waals surface area (Å²) in [5.74, 6) is 1.51. The number of aryl methyl sites for hydroxylation is 1. The Bertz CT molecular complexity index is 1290. The van der Waals surface area contributed by atoms with Crippen LogP contribution in [0.25, 0.3) is 5.69 Å². The number of nitrogens with zero attached hydrogens (tertiary/aromatic N) is 6. The topological polar surface area (TPSA) is 83.8 Å². The largest absolute Gasteiger partial charge is 0.373 e. The highest BCUT2D eigenvalue weighted by Gasteiger charge is 2.29. The molecule has 0 amide bonds. The van der Waals surface area contributed by atoms with E-state index < -0.39 is 5.82 Å². The second-order valence-electron chi connectivity index (χ2n) is 8.18. The van der Waals surface area contributed by atoms with Crippen molar-refractivity contribution in [2.75, 3.05) is 31.3 Å². The summed E-state index contributed by atoms with van der Waals surface area (Å²) in [6.07, 6.45) is 1.40. The minimum atomic E-state index is -0.413. The van der Waals surface area contributed by atoms with Gasteiger partial charge in [-0.25, -0.2) is 19.0 Å². The number of halogens is 1. The Balaban J connectivity index is 1.51. The number of likely N-dealkylation sites (N-methyl/N-ethyl adjacent to an activating group) is 1. The molecule has 1 aliphatic heterocycles. The quantitative estimate of drug-likeness (QED) is 0.483. The van der Waals surface area contributed by atoms with Gasteiger partial charge in [0, 0.05) is 37.3 Å². The first-order chi connectivity index (χ1) is 16.0. The van der Waals surface area contributed by atoms with Gasteiger partial charge in [-0.15, -0.1) is 0 Å². The highest BCUT2D eigenvalue weighted by atomic mass is 19.1. The van der Waals surface area contributed by atoms with E-state index in [1.165, 1.54) is 22.6 Å². The molecular formula is C24H25FN8. The van der Waals surface area contributed by atoms with Crippen molar-refractivity contribution in [3.8, 4) is 5.69 Å². The number of aromatic nitrogens is 5. The zero-order chi connectivity index (χ0) is 22.9. The van der Waals surface area contributed by atoms with Gasteiger partial charge in [-0.1, -0.05) is 30.3 Å². The summed E-state index contributed by atoms with van der Waals surface area (Å²) < 4.78 is 16.3. The molecule has 8 nitrogen and oxygen atoms in total. The molecule has 0 spiro atoms. The molecule has 1 atom stereocenters. The summed E-state index contributed by atoms with van der Waals surface area (Å²) in [5, 5.41) is 10.5. The number of hydrogen-bond donors (Lipinski definition) is 2. The van der Waals surface area contributed by atoms with E-state index in [4.69, 9.17) is 4.98 Å². The first kappa shape index (κ1) is 21.0. The highest BCUT2D eigenvalue weighted by Crippen LogP contribution is 2.35. The van der Waals surface area contributed by atoms with E-state index in [0.717, 1.165) is 30.2 Å². The van der Waals surface area contributed by atoms with Gasteiger partial charge in [0.15, 0.2) is 5.82 Å². The van der Waals surface area contributed by atoms with Crippen LogP contribution in [-0.2, 0) is 6.54 Å². The highest BCUT2D eigenvalue weighted by molar-refractivity contribution is 5.60. The van der Waals surface area contributed by atoms with E-state index in [1.54, 1.807) is 19.1 Å². The maximum atomic E-state index is 14.9. The van der Waals surface area contributed by atoms with Crippen LogP contribution >= 0.6 is 0 Å². The van der Waals surface area contributed by atoms with Crippen molar-refractivity contribution in [1.29, 1.82) is 0 Å². The van der Waals surface area contributed by atoms with Gasteiger partial charge < -0.3 is 15.5 Å². The Morgan fingerprint density at radius 2 is 1.91 bits per heavy atom. The minimum Gasteiger partial charge on any atom is -0.373 e. The van der Waals surface area contributed by atoms with E-state index in [9.17, 15) is 4.39 Å². The van der Waals surface area contributed by atoms with Crippen LogP contribution in [0.1, 0.15) is 28.6 Å². The van der Waals surface area contributed by atoms with Crippen LogP contribution in [0.3, 0.4) is 0 Å². The van der Waals surface area contributed by atoms with Crippen molar-refractivity contribution in [3.63, 3.8) is 0 Å². The molecule has 168 valence electrons. The van der Waals surface area contributed by atoms with Crippen LogP contribution in [0.5, 0.6) is 0 Å². The van der Waals surface area contributed by atoms with Crippen molar-refractivity contribution < 1.29 is 4.39 Å². The molecule has 1 aliphatic rings. The molecule has 9 heteroatoms. The zero-order valence-corrected chi connectivity index (χ0v) is 18.7. The fourth-order valence-corrected chi connectivity index (χ4v) is 4.31. The van der Waals surface area contributed by atoms with Crippen molar-refractivity contribution in [2.45, 2.75) is 19.4 Å². The molecule has 0 saturated heterocycles. The molecule has 5 rings (SSSR count). The molecule has 0 aliphatic carbocycles. The maximum absolute atomic E-state index is 14.9. The number of rotatable bonds is 5. The van der Waals surface area contributed by atoms with Crippen LogP contribution in [0.2, 0.25) is 0 Å². The molecule has 0 bridgehead atoms. The van der Waals surface area contributed by atoms with E-state index >= 15 is 0 Å². The maximum Gasteiger partial charge on any atom is 0.229 e. The summed E-state index contributed by atoms with van der Waals surface area (Å²) in [6, 6.07) is 15.2. The lowest BCUT2D eigenvalue weighted by molar-refractivity contribution is 0.292. The van der Waals surface area contributed by atoms with E-state index in [-0.39, 0.29) is 5.92 Å². The molecule has 0 fully saturated rings. The molecule has 3 heterocycles. The number of benzene rings is 2. The summed E-state index contributed by atoms with van der Waals surface area (Å²) in [6.45, 7) is 3.40. The number of fused-ring (bicyclic) bond motifs is 1. The van der Waals surface area contributed by atoms with Gasteiger partial charge in [0.1, 0.15) is 23.7 Å². The van der Waals surface area contributed by atoms with Crippen molar-refractivity contribution in [1.82, 2.24) is 29.6 Å². The third-order valence-electron chi connectivity index (χ3n) is 5.88. The summed E-state index contributed by atoms with van der Waals surface area (Å²) in [4.78, 5) is 15.9. The lowest BCUT2D eigenvalue weighted by Gasteiger charge is -2.32. The van der Waals surface area contributed by atoms with Crippen LogP contribution in [0.15, 0.2) is 54.9 Å². The van der Waals surface area contributed by atoms with Crippen LogP contribution < -0.4 is 10.6 Å². The molecule has 0 radical (unpaired) electrons. The van der Waals surface area contributed by atoms with E-state index in [2.05, 4.69) is 49.8 Å². The molecule has 2 aromatic heterocycles. The van der Waals surface area contributed by atoms with Gasteiger partial charge in [0.2, 0.25) is 5.95 Å². The van der Waals surface area contributed by atoms with Gasteiger partial charge in [-0.05, 0) is 37.7 Å². The Labute approximate surface area is 191 Å².